The lowest BCUT2D eigenvalue weighted by Crippen LogP contribution is -2.69. The molecule has 20 heavy (non-hydrogen) atoms. The van der Waals surface area contributed by atoms with Gasteiger partial charge in [-0.2, -0.15) is 5.26 Å². The largest absolute Gasteiger partial charge is 0.287 e. The van der Waals surface area contributed by atoms with Gasteiger partial charge < -0.3 is 0 Å². The fraction of sp³-hybridized carbons (Fsp3) is 0. The number of nitrogen functional groups attached to an aromatic ring is 1. The number of hydrogen-bond acceptors (Lipinski definition) is 3. The average molecular weight is 267 g/mol. The minimum Gasteiger partial charge on any atom is -0.287 e. The normalized spacial score (nSPS) is 10.8. The molecule has 6 nitrogen and oxygen atoms in total. The molecule has 2 aromatic rings. The van der Waals surface area contributed by atoms with E-state index in [1.165, 1.54) is 12.1 Å². The predicted molar refractivity (Wildman–Crippen MR) is 73.2 cm³/mol. The monoisotopic (exact) mass is 267 g/mol. The maximum absolute atomic E-state index is 10.7. The van der Waals surface area contributed by atoms with Crippen molar-refractivity contribution >= 4 is 17.2 Å². The number of nitriles is 1. The molecule has 0 unspecified atom stereocenters. The van der Waals surface area contributed by atoms with Gasteiger partial charge in [0.25, 0.3) is 11.5 Å². The van der Waals surface area contributed by atoms with Crippen molar-refractivity contribution in [3.8, 4) is 6.07 Å². The van der Waals surface area contributed by atoms with Gasteiger partial charge in [-0.15, -0.1) is 0 Å². The molecule has 0 aliphatic heterocycles. The van der Waals surface area contributed by atoms with Crippen molar-refractivity contribution in [1.82, 2.24) is 0 Å². The van der Waals surface area contributed by atoms with E-state index >= 15 is 0 Å². The fourth-order valence-corrected chi connectivity index (χ4v) is 1.68. The van der Waals surface area contributed by atoms with Gasteiger partial charge in [0.15, 0.2) is 0 Å². The summed E-state index contributed by atoms with van der Waals surface area (Å²) in [5, 5.41) is 19.5. The molecule has 0 bridgehead atoms. The van der Waals surface area contributed by atoms with Crippen molar-refractivity contribution in [2.45, 2.75) is 0 Å². The highest BCUT2D eigenvalue weighted by Gasteiger charge is 2.11. The molecule has 0 aromatic heterocycles. The number of hydrogen-bond donors (Lipinski definition) is 2. The van der Waals surface area contributed by atoms with Crippen molar-refractivity contribution in [3.05, 3.63) is 69.8 Å². The van der Waals surface area contributed by atoms with Crippen LogP contribution in [0.3, 0.4) is 0 Å². The second-order valence-electron chi connectivity index (χ2n) is 4.04. The zero-order valence-corrected chi connectivity index (χ0v) is 10.4. The second-order valence-corrected chi connectivity index (χ2v) is 4.04. The second kappa shape index (κ2) is 5.63. The summed E-state index contributed by atoms with van der Waals surface area (Å²) in [7, 11) is 0. The summed E-state index contributed by atoms with van der Waals surface area (Å²) in [6.45, 7) is 0. The zero-order valence-electron chi connectivity index (χ0n) is 10.4. The molecule has 0 saturated carbocycles. The Balaban J connectivity index is 2.37. The number of non-ortho nitro benzene ring substituents is 1. The molecule has 0 aliphatic rings. The number of amidine groups is 1. The third-order valence-electron chi connectivity index (χ3n) is 2.64. The smallest absolute Gasteiger partial charge is 0.278 e. The maximum atomic E-state index is 10.7. The summed E-state index contributed by atoms with van der Waals surface area (Å²) in [5.41, 5.74) is 7.52. The summed E-state index contributed by atoms with van der Waals surface area (Å²) in [6.07, 6.45) is 0. The lowest BCUT2D eigenvalue weighted by atomic mass is 10.2. The maximum Gasteiger partial charge on any atom is 0.278 e. The van der Waals surface area contributed by atoms with E-state index in [-0.39, 0.29) is 11.5 Å². The van der Waals surface area contributed by atoms with Crippen LogP contribution in [0.15, 0.2) is 48.5 Å². The van der Waals surface area contributed by atoms with Gasteiger partial charge >= 0.3 is 0 Å². The van der Waals surface area contributed by atoms with Crippen LogP contribution >= 0.6 is 0 Å². The van der Waals surface area contributed by atoms with Gasteiger partial charge in [0.2, 0.25) is 0 Å². The standard InChI is InChI=1S/C14H10N4O2/c15-9-10-3-1-5-12(7-10)17-14(16)11-4-2-6-13(8-11)18(19)20/h1-8H,(H2,16,17)/p+1. The summed E-state index contributed by atoms with van der Waals surface area (Å²) in [6, 6.07) is 14.8. The van der Waals surface area contributed by atoms with E-state index in [4.69, 9.17) is 11.0 Å². The van der Waals surface area contributed by atoms with Gasteiger partial charge in [-0.1, -0.05) is 12.1 Å². The van der Waals surface area contributed by atoms with Crippen LogP contribution in [-0.2, 0) is 0 Å². The first-order valence-electron chi connectivity index (χ1n) is 5.74. The van der Waals surface area contributed by atoms with E-state index in [1.807, 2.05) is 6.07 Å². The Hall–Kier alpha value is -3.20. The SMILES string of the molecule is N#Cc1cccc([NH+]=C(N)c2cccc([N+](=O)[O-])c2)c1. The third kappa shape index (κ3) is 2.97. The number of nitrogens with one attached hydrogen (secondary N) is 1. The lowest BCUT2D eigenvalue weighted by Gasteiger charge is -1.97. The average Bonchev–Trinajstić information content (AvgIpc) is 2.47. The Morgan fingerprint density at radius 1 is 1.25 bits per heavy atom. The molecule has 0 radical (unpaired) electrons. The molecule has 0 heterocycles. The van der Waals surface area contributed by atoms with E-state index in [9.17, 15) is 10.1 Å². The first-order chi connectivity index (χ1) is 9.60. The van der Waals surface area contributed by atoms with Crippen LogP contribution in [0.1, 0.15) is 11.1 Å². The quantitative estimate of drug-likeness (QED) is 0.367. The van der Waals surface area contributed by atoms with E-state index < -0.39 is 4.92 Å². The van der Waals surface area contributed by atoms with Crippen LogP contribution in [0.25, 0.3) is 0 Å². The Morgan fingerprint density at radius 3 is 2.70 bits per heavy atom. The minimum atomic E-state index is -0.479. The van der Waals surface area contributed by atoms with Gasteiger partial charge in [-0.05, 0) is 18.2 Å². The molecule has 0 atom stereocenters. The molecule has 0 aliphatic carbocycles. The summed E-state index contributed by atoms with van der Waals surface area (Å²) < 4.78 is 0. The van der Waals surface area contributed by atoms with Crippen molar-refractivity contribution in [3.63, 3.8) is 0 Å². The van der Waals surface area contributed by atoms with E-state index in [0.717, 1.165) is 0 Å². The molecule has 6 heteroatoms. The Morgan fingerprint density at radius 2 is 2.00 bits per heavy atom. The van der Waals surface area contributed by atoms with Crippen LogP contribution in [-0.4, -0.2) is 10.8 Å². The van der Waals surface area contributed by atoms with E-state index in [0.29, 0.717) is 16.8 Å². The molecule has 0 saturated heterocycles. The Kier molecular flexibility index (Phi) is 3.72. The third-order valence-corrected chi connectivity index (χ3v) is 2.64. The predicted octanol–water partition coefficient (Wildman–Crippen LogP) is 0.584. The molecule has 0 spiro atoms. The summed E-state index contributed by atoms with van der Waals surface area (Å²) >= 11 is 0. The van der Waals surface area contributed by atoms with Crippen molar-refractivity contribution in [1.29, 1.82) is 5.26 Å². The van der Waals surface area contributed by atoms with Crippen molar-refractivity contribution in [2.24, 2.45) is 5.73 Å². The lowest BCUT2D eigenvalue weighted by molar-refractivity contribution is -0.385. The van der Waals surface area contributed by atoms with Crippen LogP contribution < -0.4 is 10.7 Å². The van der Waals surface area contributed by atoms with Crippen LogP contribution in [0.5, 0.6) is 0 Å². The highest BCUT2D eigenvalue weighted by Crippen LogP contribution is 2.12. The topological polar surface area (TPSA) is 107 Å². The van der Waals surface area contributed by atoms with Gasteiger partial charge in [-0.3, -0.25) is 15.8 Å². The van der Waals surface area contributed by atoms with Gasteiger partial charge in [0.05, 0.1) is 22.1 Å². The number of nitrogens with two attached hydrogens (primary N) is 1. The highest BCUT2D eigenvalue weighted by molar-refractivity contribution is 5.94. The number of nitrogens with zero attached hydrogens (tertiary/aromatic N) is 2. The van der Waals surface area contributed by atoms with Crippen molar-refractivity contribution in [2.75, 3.05) is 0 Å². The minimum absolute atomic E-state index is 0.0296. The van der Waals surface area contributed by atoms with E-state index in [1.54, 1.807) is 36.4 Å². The molecule has 3 N–H and O–H groups in total. The van der Waals surface area contributed by atoms with Crippen LogP contribution in [0, 0.1) is 21.4 Å². The first-order valence-corrected chi connectivity index (χ1v) is 5.74. The van der Waals surface area contributed by atoms with Crippen molar-refractivity contribution < 1.29 is 9.92 Å². The van der Waals surface area contributed by atoms with Crippen LogP contribution in [0.4, 0.5) is 11.4 Å². The van der Waals surface area contributed by atoms with Crippen LogP contribution in [0.2, 0.25) is 0 Å². The summed E-state index contributed by atoms with van der Waals surface area (Å²) in [4.78, 5) is 13.2. The molecular formula is C14H11N4O2+. The Labute approximate surface area is 114 Å². The molecule has 2 rings (SSSR count). The zero-order chi connectivity index (χ0) is 14.5. The molecule has 2 aromatic carbocycles. The van der Waals surface area contributed by atoms with E-state index in [2.05, 4.69) is 4.99 Å². The summed E-state index contributed by atoms with van der Waals surface area (Å²) in [5.74, 6) is 0.281. The number of rotatable bonds is 3. The molecule has 0 amide bonds. The molecular weight excluding hydrogens is 256 g/mol. The molecule has 98 valence electrons. The van der Waals surface area contributed by atoms with Gasteiger partial charge in [0, 0.05) is 18.2 Å². The highest BCUT2D eigenvalue weighted by atomic mass is 16.6. The number of benzene rings is 2. The number of nitro groups is 1. The molecule has 0 fully saturated rings. The first kappa shape index (κ1) is 13.2. The fourth-order valence-electron chi connectivity index (χ4n) is 1.68. The number of nitro benzene ring substituents is 1. The Bertz CT molecular complexity index is 732. The van der Waals surface area contributed by atoms with Gasteiger partial charge in [-0.25, -0.2) is 4.99 Å². The van der Waals surface area contributed by atoms with Gasteiger partial charge in [0.1, 0.15) is 5.69 Å².